The van der Waals surface area contributed by atoms with E-state index in [1.165, 1.54) is 0 Å². The van der Waals surface area contributed by atoms with E-state index in [0.717, 1.165) is 79.0 Å². The molecule has 1 aliphatic heterocycles. The summed E-state index contributed by atoms with van der Waals surface area (Å²) in [5.74, 6) is 0.879. The normalized spacial score (nSPS) is 15.8. The number of nitrogens with zero attached hydrogens (tertiary/aromatic N) is 4. The van der Waals surface area contributed by atoms with Crippen LogP contribution in [0, 0.1) is 0 Å². The maximum Gasteiger partial charge on any atom is 0.348 e. The Morgan fingerprint density at radius 3 is 2.76 bits per heavy atom. The molecule has 8 heteroatoms. The molecular formula is C25H29N5O3. The number of aromatic amines is 1. The molecule has 0 aliphatic carbocycles. The molecular weight excluding hydrogens is 418 g/mol. The lowest BCUT2D eigenvalue weighted by Crippen LogP contribution is -2.32. The first-order valence-electron chi connectivity index (χ1n) is 11.4. The quantitative estimate of drug-likeness (QED) is 0.472. The van der Waals surface area contributed by atoms with Gasteiger partial charge in [-0.1, -0.05) is 18.2 Å². The van der Waals surface area contributed by atoms with Crippen molar-refractivity contribution in [1.82, 2.24) is 24.4 Å². The number of hydrogen-bond donors (Lipinski definition) is 2. The number of rotatable bonds is 6. The van der Waals surface area contributed by atoms with Crippen molar-refractivity contribution in [2.24, 2.45) is 0 Å². The molecule has 33 heavy (non-hydrogen) atoms. The van der Waals surface area contributed by atoms with Gasteiger partial charge in [0, 0.05) is 37.1 Å². The minimum atomic E-state index is -0.237. The van der Waals surface area contributed by atoms with Gasteiger partial charge in [-0.05, 0) is 61.0 Å². The number of β-amino-alcohol motifs (C(OH)–C–C–N with tert-alkyl or cyclic N) is 1. The lowest BCUT2D eigenvalue weighted by atomic mass is 9.98. The van der Waals surface area contributed by atoms with Gasteiger partial charge in [0.05, 0.1) is 19.2 Å². The van der Waals surface area contributed by atoms with Gasteiger partial charge >= 0.3 is 5.69 Å². The molecule has 4 aromatic rings. The van der Waals surface area contributed by atoms with Crippen LogP contribution in [0.2, 0.25) is 0 Å². The molecule has 0 saturated carbocycles. The monoisotopic (exact) mass is 447 g/mol. The Balaban J connectivity index is 1.50. The molecule has 2 aromatic heterocycles. The van der Waals surface area contributed by atoms with E-state index in [4.69, 9.17) is 4.74 Å². The maximum atomic E-state index is 12.3. The first-order valence-corrected chi connectivity index (χ1v) is 11.4. The summed E-state index contributed by atoms with van der Waals surface area (Å²) in [6, 6.07) is 16.2. The summed E-state index contributed by atoms with van der Waals surface area (Å²) in [6.07, 6.45) is 1.08. The van der Waals surface area contributed by atoms with Crippen LogP contribution in [0.4, 0.5) is 0 Å². The molecule has 0 radical (unpaired) electrons. The predicted molar refractivity (Wildman–Crippen MR) is 129 cm³/mol. The number of ether oxygens (including phenoxy) is 1. The molecule has 5 rings (SSSR count). The second-order valence-corrected chi connectivity index (χ2v) is 8.52. The highest BCUT2D eigenvalue weighted by Gasteiger charge is 2.17. The van der Waals surface area contributed by atoms with Gasteiger partial charge in [-0.25, -0.2) is 14.3 Å². The molecule has 1 aliphatic rings. The summed E-state index contributed by atoms with van der Waals surface area (Å²) < 4.78 is 7.30. The molecule has 3 heterocycles. The Morgan fingerprint density at radius 2 is 1.91 bits per heavy atom. The molecule has 2 aromatic carbocycles. The van der Waals surface area contributed by atoms with E-state index >= 15 is 0 Å². The third kappa shape index (κ3) is 4.25. The van der Waals surface area contributed by atoms with Crippen molar-refractivity contribution >= 4 is 16.6 Å². The Hall–Kier alpha value is -3.20. The molecule has 0 bridgehead atoms. The molecule has 1 saturated heterocycles. The zero-order valence-corrected chi connectivity index (χ0v) is 18.8. The van der Waals surface area contributed by atoms with Crippen LogP contribution in [0.25, 0.3) is 27.7 Å². The van der Waals surface area contributed by atoms with Crippen molar-refractivity contribution < 1.29 is 9.84 Å². The molecule has 0 spiro atoms. The van der Waals surface area contributed by atoms with Crippen LogP contribution in [0.3, 0.4) is 0 Å². The number of pyridine rings is 1. The van der Waals surface area contributed by atoms with E-state index < -0.39 is 0 Å². The number of fused-ring (bicyclic) bond motifs is 3. The van der Waals surface area contributed by atoms with Crippen molar-refractivity contribution in [2.45, 2.75) is 13.0 Å². The van der Waals surface area contributed by atoms with E-state index in [9.17, 15) is 9.90 Å². The van der Waals surface area contributed by atoms with Gasteiger partial charge in [-0.3, -0.25) is 9.80 Å². The Labute approximate surface area is 192 Å². The van der Waals surface area contributed by atoms with Gasteiger partial charge in [-0.15, -0.1) is 0 Å². The molecule has 2 N–H and O–H groups in total. The van der Waals surface area contributed by atoms with Crippen LogP contribution in [0.15, 0.2) is 53.3 Å². The Kier molecular flexibility index (Phi) is 6.13. The summed E-state index contributed by atoms with van der Waals surface area (Å²) >= 11 is 0. The number of benzene rings is 2. The topological polar surface area (TPSA) is 86.1 Å². The van der Waals surface area contributed by atoms with Crippen LogP contribution >= 0.6 is 0 Å². The van der Waals surface area contributed by atoms with Gasteiger partial charge in [0.2, 0.25) is 0 Å². The Bertz CT molecular complexity index is 1330. The van der Waals surface area contributed by atoms with E-state index in [2.05, 4.69) is 38.2 Å². The predicted octanol–water partition coefficient (Wildman–Crippen LogP) is 2.35. The standard InChI is InChI=1S/C25H29N5O3/c1-33-23-8-6-18(16-19(23)17-29-11-3-10-28(12-13-29)14-15-31)20-4-2-5-22-21(20)7-9-24-26-27-25(32)30(22)24/h2,4-9,16,31H,3,10-15,17H2,1H3,(H,27,32). The highest BCUT2D eigenvalue weighted by Crippen LogP contribution is 2.32. The van der Waals surface area contributed by atoms with Crippen molar-refractivity contribution in [3.05, 3.63) is 64.6 Å². The van der Waals surface area contributed by atoms with Crippen LogP contribution in [0.5, 0.6) is 5.75 Å². The fraction of sp³-hybridized carbons (Fsp3) is 0.360. The average Bonchev–Trinajstić information content (AvgIpc) is 3.08. The van der Waals surface area contributed by atoms with Crippen molar-refractivity contribution in [3.63, 3.8) is 0 Å². The third-order valence-corrected chi connectivity index (χ3v) is 6.50. The van der Waals surface area contributed by atoms with E-state index in [0.29, 0.717) is 5.65 Å². The number of hydrogen-bond acceptors (Lipinski definition) is 6. The van der Waals surface area contributed by atoms with Gasteiger partial charge in [0.25, 0.3) is 0 Å². The number of H-pyrrole nitrogens is 1. The summed E-state index contributed by atoms with van der Waals surface area (Å²) in [6.45, 7) is 5.71. The summed E-state index contributed by atoms with van der Waals surface area (Å²) in [5, 5.41) is 16.9. The highest BCUT2D eigenvalue weighted by molar-refractivity contribution is 5.96. The molecule has 8 nitrogen and oxygen atoms in total. The van der Waals surface area contributed by atoms with Gasteiger partial charge in [0.15, 0.2) is 5.65 Å². The number of nitrogens with one attached hydrogen (secondary N) is 1. The highest BCUT2D eigenvalue weighted by atomic mass is 16.5. The first-order chi connectivity index (χ1) is 16.2. The number of aliphatic hydroxyl groups excluding tert-OH is 1. The molecule has 0 unspecified atom stereocenters. The van der Waals surface area contributed by atoms with Crippen LogP contribution in [0.1, 0.15) is 12.0 Å². The summed E-state index contributed by atoms with van der Waals surface area (Å²) in [5.41, 5.74) is 4.50. The van der Waals surface area contributed by atoms with Gasteiger partial charge in [-0.2, -0.15) is 5.10 Å². The largest absolute Gasteiger partial charge is 0.496 e. The SMILES string of the molecule is COc1ccc(-c2cccc3c2ccc2n[nH]c(=O)n23)cc1CN1CCCN(CCO)CC1. The zero-order valence-electron chi connectivity index (χ0n) is 18.8. The number of aliphatic hydroxyl groups is 1. The number of methoxy groups -OCH3 is 1. The zero-order chi connectivity index (χ0) is 22.8. The van der Waals surface area contributed by atoms with Crippen molar-refractivity contribution in [2.75, 3.05) is 46.4 Å². The third-order valence-electron chi connectivity index (χ3n) is 6.50. The van der Waals surface area contributed by atoms with E-state index in [1.54, 1.807) is 11.5 Å². The molecule has 0 atom stereocenters. The summed E-state index contributed by atoms with van der Waals surface area (Å²) in [7, 11) is 1.71. The van der Waals surface area contributed by atoms with Crippen molar-refractivity contribution in [3.8, 4) is 16.9 Å². The average molecular weight is 448 g/mol. The van der Waals surface area contributed by atoms with Crippen molar-refractivity contribution in [1.29, 1.82) is 0 Å². The lowest BCUT2D eigenvalue weighted by Gasteiger charge is -2.22. The second kappa shape index (κ2) is 9.35. The molecule has 172 valence electrons. The molecule has 1 fully saturated rings. The van der Waals surface area contributed by atoms with Gasteiger partial charge < -0.3 is 9.84 Å². The lowest BCUT2D eigenvalue weighted by molar-refractivity contribution is 0.195. The van der Waals surface area contributed by atoms with Gasteiger partial charge in [0.1, 0.15) is 5.75 Å². The van der Waals surface area contributed by atoms with Crippen LogP contribution in [-0.2, 0) is 6.54 Å². The maximum absolute atomic E-state index is 12.3. The van der Waals surface area contributed by atoms with Crippen LogP contribution in [-0.4, -0.2) is 75.9 Å². The summed E-state index contributed by atoms with van der Waals surface area (Å²) in [4.78, 5) is 17.1. The smallest absolute Gasteiger partial charge is 0.348 e. The fourth-order valence-electron chi connectivity index (χ4n) is 4.84. The van der Waals surface area contributed by atoms with E-state index in [1.807, 2.05) is 30.3 Å². The number of aromatic nitrogens is 3. The second-order valence-electron chi connectivity index (χ2n) is 8.52. The minimum absolute atomic E-state index is 0.206. The molecule has 0 amide bonds. The Morgan fingerprint density at radius 1 is 1.06 bits per heavy atom. The van der Waals surface area contributed by atoms with E-state index in [-0.39, 0.29) is 12.3 Å². The van der Waals surface area contributed by atoms with Crippen LogP contribution < -0.4 is 10.4 Å². The fourth-order valence-corrected chi connectivity index (χ4v) is 4.84. The minimum Gasteiger partial charge on any atom is -0.496 e. The first kappa shape index (κ1) is 21.6.